The van der Waals surface area contributed by atoms with Gasteiger partial charge >= 0.3 is 0 Å². The van der Waals surface area contributed by atoms with Crippen LogP contribution in [0.15, 0.2) is 0 Å². The van der Waals surface area contributed by atoms with Crippen LogP contribution in [0.4, 0.5) is 0 Å². The molecule has 0 spiro atoms. The Kier molecular flexibility index (Phi) is 8.63. The van der Waals surface area contributed by atoms with E-state index in [-0.39, 0.29) is 17.8 Å². The molecule has 0 aliphatic rings. The Morgan fingerprint density at radius 2 is 1.82 bits per heavy atom. The molecule has 0 atom stereocenters. The van der Waals surface area contributed by atoms with E-state index in [1.807, 2.05) is 0 Å². The van der Waals surface area contributed by atoms with E-state index in [1.165, 1.54) is 0 Å². The fourth-order valence-electron chi connectivity index (χ4n) is 0.817. The molecule has 2 nitrogen and oxygen atoms in total. The fourth-order valence-corrected chi connectivity index (χ4v) is 0.817. The monoisotopic (exact) mass is 181 g/mol. The quantitative estimate of drug-likeness (QED) is 0.633. The lowest BCUT2D eigenvalue weighted by molar-refractivity contribution is 0.263. The van der Waals surface area contributed by atoms with Gasteiger partial charge in [0.25, 0.3) is 0 Å². The van der Waals surface area contributed by atoms with Crippen LogP contribution in [0, 0.1) is 5.41 Å². The fraction of sp³-hybridized carbons (Fsp3) is 1.00. The van der Waals surface area contributed by atoms with Crippen molar-refractivity contribution < 1.29 is 5.11 Å². The third-order valence-electron chi connectivity index (χ3n) is 1.81. The second-order valence-corrected chi connectivity index (χ2v) is 3.55. The van der Waals surface area contributed by atoms with Gasteiger partial charge in [-0.15, -0.1) is 12.4 Å². The molecule has 3 N–H and O–H groups in total. The van der Waals surface area contributed by atoms with Gasteiger partial charge < -0.3 is 10.8 Å². The van der Waals surface area contributed by atoms with Crippen molar-refractivity contribution in [3.8, 4) is 0 Å². The Morgan fingerprint density at radius 1 is 1.27 bits per heavy atom. The minimum absolute atomic E-state index is 0. The molecule has 0 aromatic carbocycles. The van der Waals surface area contributed by atoms with Crippen molar-refractivity contribution in [1.29, 1.82) is 0 Å². The SMILES string of the molecule is CC(C)(CN)CCCCO.Cl. The maximum absolute atomic E-state index is 8.50. The lowest BCUT2D eigenvalue weighted by Crippen LogP contribution is -2.23. The molecule has 0 rings (SSSR count). The molecule has 0 saturated heterocycles. The number of aliphatic hydroxyl groups is 1. The maximum Gasteiger partial charge on any atom is 0.0431 e. The second-order valence-electron chi connectivity index (χ2n) is 3.55. The van der Waals surface area contributed by atoms with Gasteiger partial charge in [0, 0.05) is 6.61 Å². The van der Waals surface area contributed by atoms with Crippen molar-refractivity contribution in [3.05, 3.63) is 0 Å². The van der Waals surface area contributed by atoms with Crippen molar-refractivity contribution in [1.82, 2.24) is 0 Å². The lowest BCUT2D eigenvalue weighted by Gasteiger charge is -2.21. The highest BCUT2D eigenvalue weighted by atomic mass is 35.5. The Balaban J connectivity index is 0. The van der Waals surface area contributed by atoms with E-state index in [1.54, 1.807) is 0 Å². The van der Waals surface area contributed by atoms with Crippen LogP contribution in [0.3, 0.4) is 0 Å². The van der Waals surface area contributed by atoms with Gasteiger partial charge in [0.2, 0.25) is 0 Å². The summed E-state index contributed by atoms with van der Waals surface area (Å²) in [5.41, 5.74) is 5.79. The minimum atomic E-state index is 0. The van der Waals surface area contributed by atoms with E-state index < -0.39 is 0 Å². The number of halogens is 1. The van der Waals surface area contributed by atoms with Gasteiger partial charge in [-0.05, 0) is 24.8 Å². The number of unbranched alkanes of at least 4 members (excludes halogenated alkanes) is 1. The highest BCUT2D eigenvalue weighted by Gasteiger charge is 2.13. The highest BCUT2D eigenvalue weighted by Crippen LogP contribution is 2.20. The lowest BCUT2D eigenvalue weighted by atomic mass is 9.87. The number of rotatable bonds is 5. The van der Waals surface area contributed by atoms with Crippen LogP contribution < -0.4 is 5.73 Å². The van der Waals surface area contributed by atoms with Gasteiger partial charge in [0.05, 0.1) is 0 Å². The predicted octanol–water partition coefficient (Wildman–Crippen LogP) is 1.56. The summed E-state index contributed by atoms with van der Waals surface area (Å²) < 4.78 is 0. The highest BCUT2D eigenvalue weighted by molar-refractivity contribution is 5.85. The van der Waals surface area contributed by atoms with E-state index in [0.29, 0.717) is 6.61 Å². The number of hydrogen-bond donors (Lipinski definition) is 2. The van der Waals surface area contributed by atoms with Gasteiger partial charge in [0.15, 0.2) is 0 Å². The van der Waals surface area contributed by atoms with Crippen LogP contribution in [0.25, 0.3) is 0 Å². The Morgan fingerprint density at radius 3 is 2.18 bits per heavy atom. The smallest absolute Gasteiger partial charge is 0.0431 e. The largest absolute Gasteiger partial charge is 0.396 e. The van der Waals surface area contributed by atoms with Crippen molar-refractivity contribution >= 4 is 12.4 Å². The number of nitrogens with two attached hydrogens (primary N) is 1. The van der Waals surface area contributed by atoms with Gasteiger partial charge in [-0.1, -0.05) is 20.3 Å². The first-order valence-corrected chi connectivity index (χ1v) is 3.93. The molecule has 0 saturated carbocycles. The summed E-state index contributed by atoms with van der Waals surface area (Å²) in [4.78, 5) is 0. The standard InChI is InChI=1S/C8H19NO.ClH/c1-8(2,7-9)5-3-4-6-10;/h10H,3-7,9H2,1-2H3;1H. The molecule has 0 heterocycles. The molecule has 0 fully saturated rings. The first-order chi connectivity index (χ1) is 4.62. The normalized spacial score (nSPS) is 10.9. The van der Waals surface area contributed by atoms with E-state index in [9.17, 15) is 0 Å². The van der Waals surface area contributed by atoms with Crippen LogP contribution in [0.5, 0.6) is 0 Å². The average Bonchev–Trinajstić information content (AvgIpc) is 1.89. The van der Waals surface area contributed by atoms with Crippen molar-refractivity contribution in [2.75, 3.05) is 13.2 Å². The molecular weight excluding hydrogens is 162 g/mol. The Hall–Kier alpha value is 0.210. The molecule has 0 bridgehead atoms. The zero-order valence-corrected chi connectivity index (χ0v) is 8.28. The molecule has 0 aliphatic heterocycles. The molecule has 11 heavy (non-hydrogen) atoms. The molecule has 0 aliphatic carbocycles. The summed E-state index contributed by atoms with van der Waals surface area (Å²) >= 11 is 0. The molecular formula is C8H20ClNO. The average molecular weight is 182 g/mol. The van der Waals surface area contributed by atoms with Crippen LogP contribution in [-0.2, 0) is 0 Å². The molecule has 0 amide bonds. The van der Waals surface area contributed by atoms with Gasteiger partial charge in [-0.25, -0.2) is 0 Å². The Labute approximate surface area is 75.6 Å². The third kappa shape index (κ3) is 8.11. The summed E-state index contributed by atoms with van der Waals surface area (Å²) in [6, 6.07) is 0. The number of hydrogen-bond acceptors (Lipinski definition) is 2. The first kappa shape index (κ1) is 13.8. The summed E-state index contributed by atoms with van der Waals surface area (Å²) in [6.07, 6.45) is 3.11. The molecule has 0 radical (unpaired) electrons. The first-order valence-electron chi connectivity index (χ1n) is 3.93. The molecule has 0 aromatic rings. The molecule has 70 valence electrons. The molecule has 0 unspecified atom stereocenters. The maximum atomic E-state index is 8.50. The summed E-state index contributed by atoms with van der Waals surface area (Å²) in [7, 11) is 0. The summed E-state index contributed by atoms with van der Waals surface area (Å²) in [5, 5.41) is 8.50. The van der Waals surface area contributed by atoms with E-state index in [4.69, 9.17) is 10.8 Å². The Bertz CT molecular complexity index is 86.2. The van der Waals surface area contributed by atoms with Gasteiger partial charge in [-0.3, -0.25) is 0 Å². The van der Waals surface area contributed by atoms with Gasteiger partial charge in [0.1, 0.15) is 0 Å². The molecule has 3 heteroatoms. The summed E-state index contributed by atoms with van der Waals surface area (Å²) in [5.74, 6) is 0. The van der Waals surface area contributed by atoms with Crippen molar-refractivity contribution in [2.45, 2.75) is 33.1 Å². The van der Waals surface area contributed by atoms with Crippen LogP contribution in [0.2, 0.25) is 0 Å². The van der Waals surface area contributed by atoms with Crippen molar-refractivity contribution in [2.24, 2.45) is 11.1 Å². The minimum Gasteiger partial charge on any atom is -0.396 e. The topological polar surface area (TPSA) is 46.2 Å². The zero-order valence-electron chi connectivity index (χ0n) is 7.47. The molecule has 0 aromatic heterocycles. The third-order valence-corrected chi connectivity index (χ3v) is 1.81. The van der Waals surface area contributed by atoms with E-state index in [0.717, 1.165) is 25.8 Å². The zero-order chi connectivity index (χ0) is 8.04. The van der Waals surface area contributed by atoms with Gasteiger partial charge in [-0.2, -0.15) is 0 Å². The number of aliphatic hydroxyl groups excluding tert-OH is 1. The van der Waals surface area contributed by atoms with Crippen LogP contribution >= 0.6 is 12.4 Å². The van der Waals surface area contributed by atoms with E-state index >= 15 is 0 Å². The summed E-state index contributed by atoms with van der Waals surface area (Å²) in [6.45, 7) is 5.35. The second kappa shape index (κ2) is 6.89. The van der Waals surface area contributed by atoms with Crippen LogP contribution in [-0.4, -0.2) is 18.3 Å². The predicted molar refractivity (Wildman–Crippen MR) is 51.0 cm³/mol. The van der Waals surface area contributed by atoms with Crippen LogP contribution in [0.1, 0.15) is 33.1 Å². The van der Waals surface area contributed by atoms with Crippen molar-refractivity contribution in [3.63, 3.8) is 0 Å². The van der Waals surface area contributed by atoms with E-state index in [2.05, 4.69) is 13.8 Å².